The Morgan fingerprint density at radius 2 is 1.27 bits per heavy atom. The van der Waals surface area contributed by atoms with Crippen LogP contribution in [0.4, 0.5) is 0 Å². The smallest absolute Gasteiger partial charge is 1.00 e. The van der Waals surface area contributed by atoms with Crippen LogP contribution in [0.2, 0.25) is 13.1 Å². The third-order valence-electron chi connectivity index (χ3n) is 3.96. The first-order valence-corrected chi connectivity index (χ1v) is 9.94. The summed E-state index contributed by atoms with van der Waals surface area (Å²) in [7, 11) is -1.74. The molecule has 6 heteroatoms. The van der Waals surface area contributed by atoms with Crippen molar-refractivity contribution in [2.24, 2.45) is 0 Å². The van der Waals surface area contributed by atoms with E-state index in [1.807, 2.05) is 0 Å². The summed E-state index contributed by atoms with van der Waals surface area (Å²) in [4.78, 5) is 0. The van der Waals surface area contributed by atoms with Gasteiger partial charge in [-0.05, 0) is 12.8 Å². The second kappa shape index (κ2) is 11.2. The van der Waals surface area contributed by atoms with Crippen LogP contribution >= 0.6 is 0 Å². The topological polar surface area (TPSA) is 40.5 Å². The molecule has 2 aliphatic rings. The molecule has 2 nitrogen and oxygen atoms in total. The third kappa shape index (κ3) is 5.29. The zero-order chi connectivity index (χ0) is 13.9. The van der Waals surface area contributed by atoms with Gasteiger partial charge in [-0.2, -0.15) is 12.2 Å². The molecule has 0 amide bonds. The maximum atomic E-state index is 9.17. The Morgan fingerprint density at radius 3 is 1.59 bits per heavy atom. The minimum Gasteiger partial charge on any atom is -1.00 e. The van der Waals surface area contributed by atoms with Crippen LogP contribution in [0.3, 0.4) is 0 Å². The fourth-order valence-corrected chi connectivity index (χ4v) is 6.52. The van der Waals surface area contributed by atoms with Crippen LogP contribution < -0.4 is 24.8 Å². The second-order valence-electron chi connectivity index (χ2n) is 5.53. The Balaban J connectivity index is 0. The number of halogens is 2. The molecule has 0 aromatic carbocycles. The molecule has 0 aromatic rings. The first-order valence-electron chi connectivity index (χ1n) is 6.94. The SMILES string of the molecule is C[Si](C)(C1=CC[C-]=C1CCO)C1=CC[C-]=C1CCO.[Cl-].[Cl-].[Zr+4]. The van der Waals surface area contributed by atoms with Gasteiger partial charge in [0.1, 0.15) is 0 Å². The molecular formula is C16H22Cl2O2SiZr. The molecule has 0 fully saturated rings. The molecule has 0 atom stereocenters. The molecule has 0 aliphatic heterocycles. The van der Waals surface area contributed by atoms with E-state index in [0.29, 0.717) is 12.8 Å². The van der Waals surface area contributed by atoms with Crippen LogP contribution in [0.15, 0.2) is 33.7 Å². The van der Waals surface area contributed by atoms with Crippen molar-refractivity contribution in [3.63, 3.8) is 0 Å². The Morgan fingerprint density at radius 1 is 0.909 bits per heavy atom. The Bertz CT molecular complexity index is 441. The largest absolute Gasteiger partial charge is 4.00 e. The van der Waals surface area contributed by atoms with Crippen molar-refractivity contribution in [2.75, 3.05) is 13.2 Å². The van der Waals surface area contributed by atoms with Crippen LogP contribution in [-0.2, 0) is 26.2 Å². The Kier molecular flexibility index (Phi) is 12.6. The molecule has 120 valence electrons. The fraction of sp³-hybridized carbons (Fsp3) is 0.500. The summed E-state index contributed by atoms with van der Waals surface area (Å²) in [6.45, 7) is 5.07. The average molecular weight is 437 g/mol. The van der Waals surface area contributed by atoms with Crippen molar-refractivity contribution in [3.05, 3.63) is 45.8 Å². The van der Waals surface area contributed by atoms with Gasteiger partial charge in [-0.3, -0.25) is 12.2 Å². The van der Waals surface area contributed by atoms with Gasteiger partial charge in [-0.1, -0.05) is 21.2 Å². The number of aliphatic hydroxyl groups excluding tert-OH is 2. The maximum absolute atomic E-state index is 9.17. The molecule has 0 spiro atoms. The van der Waals surface area contributed by atoms with E-state index in [9.17, 15) is 10.2 Å². The van der Waals surface area contributed by atoms with E-state index in [4.69, 9.17) is 0 Å². The first kappa shape index (κ1) is 24.8. The zero-order valence-electron chi connectivity index (χ0n) is 13.0. The molecule has 0 saturated carbocycles. The van der Waals surface area contributed by atoms with Gasteiger partial charge < -0.3 is 35.0 Å². The minimum atomic E-state index is -1.74. The van der Waals surface area contributed by atoms with Crippen LogP contribution in [0.1, 0.15) is 25.7 Å². The summed E-state index contributed by atoms with van der Waals surface area (Å²) in [6, 6.07) is 0. The van der Waals surface area contributed by atoms with Gasteiger partial charge in [0.25, 0.3) is 0 Å². The predicted octanol–water partition coefficient (Wildman–Crippen LogP) is -3.34. The van der Waals surface area contributed by atoms with Crippen LogP contribution in [0.5, 0.6) is 0 Å². The van der Waals surface area contributed by atoms with Gasteiger partial charge in [0.15, 0.2) is 0 Å². The van der Waals surface area contributed by atoms with E-state index in [0.717, 1.165) is 12.8 Å². The van der Waals surface area contributed by atoms with Crippen LogP contribution in [-0.4, -0.2) is 31.5 Å². The molecule has 0 heterocycles. The van der Waals surface area contributed by atoms with Gasteiger partial charge in [-0.25, -0.2) is 21.5 Å². The standard InChI is InChI=1S/C16H22O2Si.2ClH.Zr/c1-19(2,15-7-3-5-13(15)9-11-17)16-8-4-6-14(16)10-12-18;;;/h7-8,17-18H,3-4,9-12H2,1-2H3;2*1H;/q-2;;;+4/p-2. The van der Waals surface area contributed by atoms with E-state index in [1.165, 1.54) is 21.5 Å². The molecule has 2 aliphatic carbocycles. The van der Waals surface area contributed by atoms with Crippen LogP contribution in [0.25, 0.3) is 0 Å². The number of allylic oxidation sites excluding steroid dienone is 6. The molecule has 0 bridgehead atoms. The molecule has 2 N–H and O–H groups in total. The second-order valence-corrected chi connectivity index (χ2v) is 9.85. The van der Waals surface area contributed by atoms with E-state index in [-0.39, 0.29) is 64.2 Å². The molecule has 0 aromatic heterocycles. The van der Waals surface area contributed by atoms with Crippen molar-refractivity contribution in [2.45, 2.75) is 38.8 Å². The molecule has 22 heavy (non-hydrogen) atoms. The van der Waals surface area contributed by atoms with Crippen molar-refractivity contribution in [1.82, 2.24) is 0 Å². The van der Waals surface area contributed by atoms with Gasteiger partial charge in [0, 0.05) is 13.2 Å². The molecule has 0 saturated heterocycles. The van der Waals surface area contributed by atoms with Crippen LogP contribution in [0, 0.1) is 12.2 Å². The normalized spacial score (nSPS) is 16.5. The minimum absolute atomic E-state index is 0. The summed E-state index contributed by atoms with van der Waals surface area (Å²) in [5.74, 6) is 0. The van der Waals surface area contributed by atoms with Gasteiger partial charge in [0.05, 0.1) is 0 Å². The number of rotatable bonds is 6. The first-order chi connectivity index (χ1) is 9.11. The van der Waals surface area contributed by atoms with E-state index < -0.39 is 8.07 Å². The molecule has 0 radical (unpaired) electrons. The summed E-state index contributed by atoms with van der Waals surface area (Å²) >= 11 is 0. The molecule has 2 rings (SSSR count). The molecular weight excluding hydrogens is 414 g/mol. The monoisotopic (exact) mass is 434 g/mol. The zero-order valence-corrected chi connectivity index (χ0v) is 18.0. The van der Waals surface area contributed by atoms with E-state index >= 15 is 0 Å². The predicted molar refractivity (Wildman–Crippen MR) is 79.8 cm³/mol. The van der Waals surface area contributed by atoms with Gasteiger partial charge >= 0.3 is 26.2 Å². The summed E-state index contributed by atoms with van der Waals surface area (Å²) < 4.78 is 0. The quantitative estimate of drug-likeness (QED) is 0.338. The van der Waals surface area contributed by atoms with E-state index in [2.05, 4.69) is 37.4 Å². The van der Waals surface area contributed by atoms with Gasteiger partial charge in [-0.15, -0.1) is 12.8 Å². The number of hydrogen-bond donors (Lipinski definition) is 2. The third-order valence-corrected chi connectivity index (χ3v) is 7.67. The summed E-state index contributed by atoms with van der Waals surface area (Å²) in [6.07, 6.45) is 14.5. The maximum Gasteiger partial charge on any atom is 4.00 e. The Labute approximate surface area is 166 Å². The number of aliphatic hydroxyl groups is 2. The summed E-state index contributed by atoms with van der Waals surface area (Å²) in [5, 5.41) is 21.2. The molecule has 0 unspecified atom stereocenters. The Hall–Kier alpha value is 0.560. The van der Waals surface area contributed by atoms with Crippen molar-refractivity contribution >= 4 is 8.07 Å². The van der Waals surface area contributed by atoms with E-state index in [1.54, 1.807) is 0 Å². The summed E-state index contributed by atoms with van der Waals surface area (Å²) in [5.41, 5.74) is 2.41. The average Bonchev–Trinajstić information content (AvgIpc) is 2.99. The fourth-order valence-electron chi connectivity index (χ4n) is 3.07. The van der Waals surface area contributed by atoms with Crippen molar-refractivity contribution in [1.29, 1.82) is 0 Å². The van der Waals surface area contributed by atoms with Crippen molar-refractivity contribution < 1.29 is 61.2 Å². The number of hydrogen-bond acceptors (Lipinski definition) is 2. The van der Waals surface area contributed by atoms with Crippen molar-refractivity contribution in [3.8, 4) is 0 Å². The van der Waals surface area contributed by atoms with Gasteiger partial charge in [0.2, 0.25) is 0 Å².